The molecule has 1 amide bonds. The molecule has 1 aliphatic heterocycles. The highest BCUT2D eigenvalue weighted by Crippen LogP contribution is 2.21. The molecule has 1 saturated heterocycles. The maximum atomic E-state index is 12.9. The van der Waals surface area contributed by atoms with Crippen LogP contribution in [0.1, 0.15) is 44.0 Å². The molecule has 0 bridgehead atoms. The van der Waals surface area contributed by atoms with Crippen LogP contribution in [0.2, 0.25) is 0 Å². The fourth-order valence-electron chi connectivity index (χ4n) is 2.95. The zero-order valence-corrected chi connectivity index (χ0v) is 14.6. The highest BCUT2D eigenvalue weighted by atomic mass is 32.2. The first-order chi connectivity index (χ1) is 11.2. The van der Waals surface area contributed by atoms with Crippen LogP contribution in [-0.4, -0.2) is 57.0 Å². The number of imidazole rings is 1. The second-order valence-electron chi connectivity index (χ2n) is 5.87. The van der Waals surface area contributed by atoms with Crippen molar-refractivity contribution in [3.63, 3.8) is 0 Å². The Morgan fingerprint density at radius 1 is 1.35 bits per heavy atom. The highest BCUT2D eigenvalue weighted by molar-refractivity contribution is 7.93. The number of aromatic nitrogens is 2. The van der Waals surface area contributed by atoms with Crippen molar-refractivity contribution in [2.45, 2.75) is 45.1 Å². The Balaban J connectivity index is 1.92. The molecule has 130 valence electrons. The molecule has 0 aliphatic carbocycles. The fourth-order valence-corrected chi connectivity index (χ4v) is 3.28. The molecule has 7 heteroatoms. The minimum absolute atomic E-state index is 0.164. The minimum Gasteiger partial charge on any atom is -0.378 e. The summed E-state index contributed by atoms with van der Waals surface area (Å²) >= 11 is 0.905. The standard InChI is InChI=1S/C16H27N3O3S/c1-14-17-7-8-19(14)15(6-4-2-3-5-13-23-21)16(20)18-9-11-22-12-10-18/h7-8,15,21H,2-6,9-13H2,1H3. The van der Waals surface area contributed by atoms with Crippen molar-refractivity contribution in [1.29, 1.82) is 0 Å². The lowest BCUT2D eigenvalue weighted by atomic mass is 10.1. The lowest BCUT2D eigenvalue weighted by molar-refractivity contribution is -0.139. The number of nitrogens with zero attached hydrogens (tertiary/aromatic N) is 3. The first-order valence-corrected chi connectivity index (χ1v) is 9.30. The molecule has 1 aromatic rings. The minimum atomic E-state index is -0.164. The number of aryl methyl sites for hydroxylation is 1. The van der Waals surface area contributed by atoms with E-state index in [9.17, 15) is 4.79 Å². The van der Waals surface area contributed by atoms with Crippen molar-refractivity contribution < 1.29 is 14.1 Å². The fraction of sp³-hybridized carbons (Fsp3) is 0.750. The van der Waals surface area contributed by atoms with Gasteiger partial charge in [-0.25, -0.2) is 4.98 Å². The van der Waals surface area contributed by atoms with Gasteiger partial charge in [0.05, 0.1) is 13.2 Å². The number of carbonyl (C=O) groups is 1. The van der Waals surface area contributed by atoms with Gasteiger partial charge in [-0.05, 0) is 31.8 Å². The van der Waals surface area contributed by atoms with Crippen molar-refractivity contribution in [1.82, 2.24) is 14.5 Å². The van der Waals surface area contributed by atoms with E-state index in [1.807, 2.05) is 22.6 Å². The molecule has 6 nitrogen and oxygen atoms in total. The molecule has 0 spiro atoms. The van der Waals surface area contributed by atoms with Crippen LogP contribution in [0.5, 0.6) is 0 Å². The third-order valence-corrected chi connectivity index (χ3v) is 4.74. The van der Waals surface area contributed by atoms with Gasteiger partial charge < -0.3 is 18.8 Å². The number of carbonyl (C=O) groups excluding carboxylic acids is 1. The molecule has 1 aromatic heterocycles. The molecule has 23 heavy (non-hydrogen) atoms. The summed E-state index contributed by atoms with van der Waals surface area (Å²) in [5.74, 6) is 1.85. The maximum absolute atomic E-state index is 12.9. The molecule has 2 heterocycles. The lowest BCUT2D eigenvalue weighted by Crippen LogP contribution is -2.44. The normalized spacial score (nSPS) is 16.5. The van der Waals surface area contributed by atoms with Crippen LogP contribution in [0.3, 0.4) is 0 Å². The van der Waals surface area contributed by atoms with Gasteiger partial charge in [-0.1, -0.05) is 19.3 Å². The predicted octanol–water partition coefficient (Wildman–Crippen LogP) is 2.75. The van der Waals surface area contributed by atoms with Gasteiger partial charge >= 0.3 is 0 Å². The SMILES string of the molecule is Cc1nccn1C(CCCCCCSO)C(=O)N1CCOCC1. The second-order valence-corrected chi connectivity index (χ2v) is 6.54. The average molecular weight is 341 g/mol. The average Bonchev–Trinajstić information content (AvgIpc) is 3.00. The lowest BCUT2D eigenvalue weighted by Gasteiger charge is -2.31. The Kier molecular flexibility index (Phi) is 7.91. The van der Waals surface area contributed by atoms with Crippen molar-refractivity contribution in [2.75, 3.05) is 32.1 Å². The van der Waals surface area contributed by atoms with Crippen LogP contribution >= 0.6 is 12.0 Å². The van der Waals surface area contributed by atoms with E-state index >= 15 is 0 Å². The van der Waals surface area contributed by atoms with E-state index in [1.165, 1.54) is 0 Å². The van der Waals surface area contributed by atoms with Crippen molar-refractivity contribution in [3.8, 4) is 0 Å². The largest absolute Gasteiger partial charge is 0.378 e. The summed E-state index contributed by atoms with van der Waals surface area (Å²) < 4.78 is 16.1. The molecule has 1 atom stereocenters. The molecule has 1 N–H and O–H groups in total. The van der Waals surface area contributed by atoms with E-state index in [4.69, 9.17) is 9.29 Å². The van der Waals surface area contributed by atoms with E-state index in [-0.39, 0.29) is 11.9 Å². The van der Waals surface area contributed by atoms with Crippen molar-refractivity contribution in [2.24, 2.45) is 0 Å². The van der Waals surface area contributed by atoms with Gasteiger partial charge in [0.25, 0.3) is 0 Å². The van der Waals surface area contributed by atoms with Gasteiger partial charge in [-0.15, -0.1) is 0 Å². The third kappa shape index (κ3) is 5.51. The summed E-state index contributed by atoms with van der Waals surface area (Å²) in [7, 11) is 0. The van der Waals surface area contributed by atoms with Crippen molar-refractivity contribution >= 4 is 17.9 Å². The number of unbranched alkanes of at least 4 members (excludes halogenated alkanes) is 3. The van der Waals surface area contributed by atoms with Crippen LogP contribution in [0.4, 0.5) is 0 Å². The van der Waals surface area contributed by atoms with E-state index < -0.39 is 0 Å². The molecule has 0 aromatic carbocycles. The van der Waals surface area contributed by atoms with Crippen LogP contribution in [0.15, 0.2) is 12.4 Å². The highest BCUT2D eigenvalue weighted by Gasteiger charge is 2.27. The monoisotopic (exact) mass is 341 g/mol. The van der Waals surface area contributed by atoms with E-state index in [1.54, 1.807) is 6.20 Å². The Morgan fingerprint density at radius 2 is 2.09 bits per heavy atom. The molecular weight excluding hydrogens is 314 g/mol. The Labute approximate surface area is 142 Å². The van der Waals surface area contributed by atoms with Crippen LogP contribution in [0.25, 0.3) is 0 Å². The first-order valence-electron chi connectivity index (χ1n) is 8.36. The van der Waals surface area contributed by atoms with Gasteiger partial charge in [0, 0.05) is 31.2 Å². The molecular formula is C16H27N3O3S. The van der Waals surface area contributed by atoms with Gasteiger partial charge in [0.15, 0.2) is 0 Å². The molecule has 0 radical (unpaired) electrons. The summed E-state index contributed by atoms with van der Waals surface area (Å²) in [6, 6.07) is -0.164. The van der Waals surface area contributed by atoms with Crippen molar-refractivity contribution in [3.05, 3.63) is 18.2 Å². The smallest absolute Gasteiger partial charge is 0.245 e. The summed E-state index contributed by atoms with van der Waals surface area (Å²) in [6.45, 7) is 4.55. The zero-order valence-electron chi connectivity index (χ0n) is 13.8. The number of morpholine rings is 1. The molecule has 1 aliphatic rings. The van der Waals surface area contributed by atoms with Crippen LogP contribution in [0, 0.1) is 6.92 Å². The predicted molar refractivity (Wildman–Crippen MR) is 91.6 cm³/mol. The zero-order chi connectivity index (χ0) is 16.5. The third-order valence-electron chi connectivity index (χ3n) is 4.27. The number of ether oxygens (including phenoxy) is 1. The summed E-state index contributed by atoms with van der Waals surface area (Å²) in [4.78, 5) is 19.1. The molecule has 1 unspecified atom stereocenters. The molecule has 0 saturated carbocycles. The van der Waals surface area contributed by atoms with Gasteiger partial charge in [-0.2, -0.15) is 0 Å². The Hall–Kier alpha value is -1.05. The van der Waals surface area contributed by atoms with E-state index in [0.29, 0.717) is 26.3 Å². The van der Waals surface area contributed by atoms with E-state index in [0.717, 1.165) is 55.7 Å². The topological polar surface area (TPSA) is 67.6 Å². The number of hydrogen-bond acceptors (Lipinski definition) is 5. The molecule has 2 rings (SSSR count). The van der Waals surface area contributed by atoms with E-state index in [2.05, 4.69) is 4.98 Å². The summed E-state index contributed by atoms with van der Waals surface area (Å²) in [5, 5.41) is 0. The number of hydrogen-bond donors (Lipinski definition) is 1. The number of amides is 1. The van der Waals surface area contributed by atoms with Gasteiger partial charge in [0.1, 0.15) is 11.9 Å². The Bertz CT molecular complexity index is 475. The van der Waals surface area contributed by atoms with Gasteiger partial charge in [0.2, 0.25) is 5.91 Å². The van der Waals surface area contributed by atoms with Crippen LogP contribution in [-0.2, 0) is 9.53 Å². The first kappa shape index (κ1) is 18.3. The van der Waals surface area contributed by atoms with Crippen LogP contribution < -0.4 is 0 Å². The number of rotatable bonds is 9. The maximum Gasteiger partial charge on any atom is 0.245 e. The summed E-state index contributed by atoms with van der Waals surface area (Å²) in [5.41, 5.74) is 0. The summed E-state index contributed by atoms with van der Waals surface area (Å²) in [6.07, 6.45) is 8.70. The Morgan fingerprint density at radius 3 is 2.74 bits per heavy atom. The quantitative estimate of drug-likeness (QED) is 0.552. The second kappa shape index (κ2) is 9.95. The molecule has 1 fully saturated rings. The van der Waals surface area contributed by atoms with Gasteiger partial charge in [-0.3, -0.25) is 4.79 Å².